The van der Waals surface area contributed by atoms with Gasteiger partial charge < -0.3 is 9.64 Å². The number of halogens is 1. The number of carbonyl (C=O) groups is 2. The molecule has 17 heavy (non-hydrogen) atoms. The van der Waals surface area contributed by atoms with Crippen molar-refractivity contribution in [2.45, 2.75) is 13.0 Å². The molecule has 1 atom stereocenters. The minimum Gasteiger partial charge on any atom is -0.479 e. The fraction of sp³-hybridized carbons (Fsp3) is 0.333. The maximum atomic E-state index is 11.7. The Morgan fingerprint density at radius 1 is 1.53 bits per heavy atom. The molecule has 1 aromatic rings. The number of hydrogen-bond acceptors (Lipinski definition) is 3. The van der Waals surface area contributed by atoms with E-state index in [0.717, 1.165) is 0 Å². The molecule has 90 valence electrons. The highest BCUT2D eigenvalue weighted by Crippen LogP contribution is 2.34. The highest BCUT2D eigenvalue weighted by molar-refractivity contribution is 9.09. The van der Waals surface area contributed by atoms with E-state index in [1.54, 1.807) is 32.2 Å². The van der Waals surface area contributed by atoms with Crippen LogP contribution in [0.25, 0.3) is 0 Å². The van der Waals surface area contributed by atoms with Crippen LogP contribution in [-0.2, 0) is 4.79 Å². The Labute approximate surface area is 108 Å². The van der Waals surface area contributed by atoms with Crippen molar-refractivity contribution in [3.05, 3.63) is 23.8 Å². The van der Waals surface area contributed by atoms with Gasteiger partial charge >= 0.3 is 0 Å². The zero-order valence-electron chi connectivity index (χ0n) is 9.57. The molecule has 1 unspecified atom stereocenters. The van der Waals surface area contributed by atoms with E-state index in [4.69, 9.17) is 4.74 Å². The molecule has 0 bridgehead atoms. The zero-order chi connectivity index (χ0) is 12.6. The van der Waals surface area contributed by atoms with E-state index in [1.165, 1.54) is 4.90 Å². The zero-order valence-corrected chi connectivity index (χ0v) is 11.2. The lowest BCUT2D eigenvalue weighted by Crippen LogP contribution is -2.42. The van der Waals surface area contributed by atoms with Crippen LogP contribution in [0.1, 0.15) is 17.3 Å². The van der Waals surface area contributed by atoms with Gasteiger partial charge in [0.2, 0.25) is 0 Å². The van der Waals surface area contributed by atoms with E-state index in [-0.39, 0.29) is 17.0 Å². The van der Waals surface area contributed by atoms with Crippen LogP contribution in [0, 0.1) is 0 Å². The second-order valence-corrected chi connectivity index (χ2v) is 4.46. The van der Waals surface area contributed by atoms with E-state index < -0.39 is 6.10 Å². The highest BCUT2D eigenvalue weighted by atomic mass is 79.9. The molecule has 0 aliphatic carbocycles. The first-order valence-corrected chi connectivity index (χ1v) is 6.34. The first-order chi connectivity index (χ1) is 8.04. The van der Waals surface area contributed by atoms with Crippen LogP contribution in [0.5, 0.6) is 5.75 Å². The molecule has 0 radical (unpaired) electrons. The van der Waals surface area contributed by atoms with E-state index in [2.05, 4.69) is 15.9 Å². The van der Waals surface area contributed by atoms with E-state index in [1.807, 2.05) is 0 Å². The second-order valence-electron chi connectivity index (χ2n) is 3.90. The van der Waals surface area contributed by atoms with Crippen molar-refractivity contribution >= 4 is 33.3 Å². The average molecular weight is 298 g/mol. The van der Waals surface area contributed by atoms with Gasteiger partial charge in [-0.05, 0) is 25.1 Å². The van der Waals surface area contributed by atoms with Crippen molar-refractivity contribution in [2.75, 3.05) is 17.3 Å². The summed E-state index contributed by atoms with van der Waals surface area (Å²) in [6, 6.07) is 5.12. The van der Waals surface area contributed by atoms with Gasteiger partial charge in [0.05, 0.1) is 11.0 Å². The van der Waals surface area contributed by atoms with Crippen molar-refractivity contribution in [3.63, 3.8) is 0 Å². The Morgan fingerprint density at radius 2 is 2.24 bits per heavy atom. The lowest BCUT2D eigenvalue weighted by atomic mass is 10.1. The smallest absolute Gasteiger partial charge is 0.267 e. The molecule has 1 aromatic carbocycles. The van der Waals surface area contributed by atoms with Crippen LogP contribution in [0.2, 0.25) is 0 Å². The number of benzene rings is 1. The fourth-order valence-corrected chi connectivity index (χ4v) is 2.09. The van der Waals surface area contributed by atoms with Gasteiger partial charge in [-0.15, -0.1) is 0 Å². The number of Topliss-reactive ketones (excluding diaryl/α,β-unsaturated/α-hetero) is 1. The van der Waals surface area contributed by atoms with E-state index in [0.29, 0.717) is 17.0 Å². The number of hydrogen-bond donors (Lipinski definition) is 0. The second kappa shape index (κ2) is 4.49. The molecule has 0 spiro atoms. The number of fused-ring (bicyclic) bond motifs is 1. The Hall–Kier alpha value is -1.36. The monoisotopic (exact) mass is 297 g/mol. The van der Waals surface area contributed by atoms with Crippen LogP contribution in [-0.4, -0.2) is 30.2 Å². The number of ketones is 1. The largest absolute Gasteiger partial charge is 0.479 e. The maximum Gasteiger partial charge on any atom is 0.267 e. The number of ether oxygens (including phenoxy) is 1. The van der Waals surface area contributed by atoms with Crippen molar-refractivity contribution in [1.82, 2.24) is 0 Å². The molecule has 1 aliphatic heterocycles. The molecule has 1 amide bonds. The average Bonchev–Trinajstić information content (AvgIpc) is 2.35. The molecule has 1 aliphatic rings. The Kier molecular flexibility index (Phi) is 3.19. The third-order valence-electron chi connectivity index (χ3n) is 2.75. The molecule has 0 fully saturated rings. The standard InChI is InChI=1S/C12H12BrNO3/c1-7-12(16)14(2)9-5-8(10(15)6-13)3-4-11(9)17-7/h3-5,7H,6H2,1-2H3. The summed E-state index contributed by atoms with van der Waals surface area (Å²) in [5, 5.41) is 0.265. The van der Waals surface area contributed by atoms with Crippen molar-refractivity contribution < 1.29 is 14.3 Å². The van der Waals surface area contributed by atoms with Crippen LogP contribution in [0.15, 0.2) is 18.2 Å². The summed E-state index contributed by atoms with van der Waals surface area (Å²) >= 11 is 3.12. The number of likely N-dealkylation sites (N-methyl/N-ethyl adjacent to an activating group) is 1. The van der Waals surface area contributed by atoms with Crippen LogP contribution in [0.3, 0.4) is 0 Å². The highest BCUT2D eigenvalue weighted by Gasteiger charge is 2.29. The third kappa shape index (κ3) is 2.07. The summed E-state index contributed by atoms with van der Waals surface area (Å²) in [6.07, 6.45) is -0.481. The predicted molar refractivity (Wildman–Crippen MR) is 68.1 cm³/mol. The van der Waals surface area contributed by atoms with Gasteiger partial charge in [-0.25, -0.2) is 0 Å². The molecular formula is C12H12BrNO3. The third-order valence-corrected chi connectivity index (χ3v) is 3.26. The molecule has 0 N–H and O–H groups in total. The summed E-state index contributed by atoms with van der Waals surface area (Å²) in [6.45, 7) is 1.71. The summed E-state index contributed by atoms with van der Waals surface area (Å²) in [4.78, 5) is 24.8. The Balaban J connectivity index is 2.45. The first kappa shape index (κ1) is 12.1. The number of nitrogens with zero attached hydrogens (tertiary/aromatic N) is 1. The van der Waals surface area contributed by atoms with Crippen LogP contribution >= 0.6 is 15.9 Å². The molecule has 0 saturated carbocycles. The Morgan fingerprint density at radius 3 is 2.88 bits per heavy atom. The lowest BCUT2D eigenvalue weighted by Gasteiger charge is -2.30. The maximum absolute atomic E-state index is 11.7. The predicted octanol–water partition coefficient (Wildman–Crippen LogP) is 2.01. The van der Waals surface area contributed by atoms with Crippen molar-refractivity contribution in [2.24, 2.45) is 0 Å². The molecule has 4 nitrogen and oxygen atoms in total. The number of rotatable bonds is 2. The van der Waals surface area contributed by atoms with Gasteiger partial charge in [-0.2, -0.15) is 0 Å². The minimum absolute atomic E-state index is 0.0210. The van der Waals surface area contributed by atoms with Crippen LogP contribution < -0.4 is 9.64 Å². The minimum atomic E-state index is -0.481. The summed E-state index contributed by atoms with van der Waals surface area (Å²) in [5.41, 5.74) is 1.21. The van der Waals surface area contributed by atoms with Gasteiger partial charge in [0, 0.05) is 12.6 Å². The lowest BCUT2D eigenvalue weighted by molar-refractivity contribution is -0.125. The normalized spacial score (nSPS) is 18.6. The van der Waals surface area contributed by atoms with Crippen molar-refractivity contribution in [1.29, 1.82) is 0 Å². The quantitative estimate of drug-likeness (QED) is 0.620. The molecule has 1 heterocycles. The van der Waals surface area contributed by atoms with Gasteiger partial charge in [-0.1, -0.05) is 15.9 Å². The molecule has 5 heteroatoms. The van der Waals surface area contributed by atoms with Gasteiger partial charge in [0.25, 0.3) is 5.91 Å². The first-order valence-electron chi connectivity index (χ1n) is 5.22. The van der Waals surface area contributed by atoms with E-state index >= 15 is 0 Å². The van der Waals surface area contributed by atoms with Gasteiger partial charge in [-0.3, -0.25) is 9.59 Å². The molecular weight excluding hydrogens is 286 g/mol. The molecule has 0 aromatic heterocycles. The van der Waals surface area contributed by atoms with Gasteiger partial charge in [0.1, 0.15) is 5.75 Å². The number of alkyl halides is 1. The summed E-state index contributed by atoms with van der Waals surface area (Å²) < 4.78 is 5.47. The Bertz CT molecular complexity index is 487. The molecule has 2 rings (SSSR count). The SMILES string of the molecule is CC1Oc2ccc(C(=O)CBr)cc2N(C)C1=O. The molecule has 0 saturated heterocycles. The summed E-state index contributed by atoms with van der Waals surface area (Å²) in [7, 11) is 1.68. The summed E-state index contributed by atoms with van der Waals surface area (Å²) in [5.74, 6) is 0.499. The topological polar surface area (TPSA) is 46.6 Å². The van der Waals surface area contributed by atoms with Crippen LogP contribution in [0.4, 0.5) is 5.69 Å². The van der Waals surface area contributed by atoms with Gasteiger partial charge in [0.15, 0.2) is 11.9 Å². The van der Waals surface area contributed by atoms with E-state index in [9.17, 15) is 9.59 Å². The fourth-order valence-electron chi connectivity index (χ4n) is 1.76. The number of anilines is 1. The number of amides is 1. The number of carbonyl (C=O) groups excluding carboxylic acids is 2. The van der Waals surface area contributed by atoms with Crippen molar-refractivity contribution in [3.8, 4) is 5.75 Å².